The number of nitro groups is 1. The van der Waals surface area contributed by atoms with Crippen LogP contribution < -0.4 is 5.32 Å². The normalized spacial score (nSPS) is 13.6. The third-order valence-electron chi connectivity index (χ3n) is 3.63. The van der Waals surface area contributed by atoms with E-state index in [0.29, 0.717) is 16.7 Å². The second-order valence-corrected chi connectivity index (χ2v) is 5.21. The van der Waals surface area contributed by atoms with Gasteiger partial charge in [0.2, 0.25) is 0 Å². The van der Waals surface area contributed by atoms with Crippen LogP contribution in [0.1, 0.15) is 11.7 Å². The van der Waals surface area contributed by atoms with Gasteiger partial charge in [-0.2, -0.15) is 4.98 Å². The average molecular weight is 329 g/mol. The number of fused-ring (bicyclic) bond motifs is 1. The Morgan fingerprint density at radius 1 is 1.21 bits per heavy atom. The molecule has 2 aromatic carbocycles. The van der Waals surface area contributed by atoms with Gasteiger partial charge in [0.05, 0.1) is 17.6 Å². The fraction of sp³-hybridized carbons (Fsp3) is 0.188. The Bertz CT molecular complexity index is 813. The number of nitrogens with zero attached hydrogens (tertiary/aromatic N) is 2. The van der Waals surface area contributed by atoms with Crippen molar-refractivity contribution < 1.29 is 19.6 Å². The number of hydrogen-bond donors (Lipinski definition) is 3. The molecular formula is C16H15N3O5. The van der Waals surface area contributed by atoms with E-state index in [0.717, 1.165) is 0 Å². The largest absolute Gasteiger partial charge is 0.424 e. The van der Waals surface area contributed by atoms with Crippen LogP contribution in [0.4, 0.5) is 11.7 Å². The van der Waals surface area contributed by atoms with Gasteiger partial charge in [0, 0.05) is 12.1 Å². The minimum absolute atomic E-state index is 0.0709. The highest BCUT2D eigenvalue weighted by molar-refractivity contribution is 5.74. The number of aliphatic hydroxyl groups excluding tert-OH is 2. The number of benzene rings is 2. The zero-order valence-electron chi connectivity index (χ0n) is 12.5. The van der Waals surface area contributed by atoms with Crippen molar-refractivity contribution in [3.63, 3.8) is 0 Å². The quantitative estimate of drug-likeness (QED) is 0.468. The van der Waals surface area contributed by atoms with Crippen LogP contribution >= 0.6 is 0 Å². The number of nitro benzene ring substituents is 1. The van der Waals surface area contributed by atoms with Crippen LogP contribution in [-0.2, 0) is 0 Å². The van der Waals surface area contributed by atoms with Crippen LogP contribution in [0.5, 0.6) is 0 Å². The second kappa shape index (κ2) is 6.65. The van der Waals surface area contributed by atoms with E-state index in [1.807, 2.05) is 12.1 Å². The Kier molecular flexibility index (Phi) is 4.41. The third-order valence-corrected chi connectivity index (χ3v) is 3.63. The molecular weight excluding hydrogens is 314 g/mol. The predicted molar refractivity (Wildman–Crippen MR) is 86.6 cm³/mol. The number of aliphatic hydroxyl groups is 2. The molecule has 0 aliphatic heterocycles. The molecule has 0 radical (unpaired) electrons. The summed E-state index contributed by atoms with van der Waals surface area (Å²) >= 11 is 0. The van der Waals surface area contributed by atoms with Crippen molar-refractivity contribution in [1.29, 1.82) is 0 Å². The molecule has 2 unspecified atom stereocenters. The summed E-state index contributed by atoms with van der Waals surface area (Å²) < 4.78 is 5.50. The molecule has 0 saturated heterocycles. The maximum Gasteiger partial charge on any atom is 0.296 e. The number of aromatic nitrogens is 1. The number of rotatable bonds is 6. The molecule has 1 heterocycles. The molecule has 3 N–H and O–H groups in total. The van der Waals surface area contributed by atoms with Crippen molar-refractivity contribution in [3.05, 3.63) is 64.2 Å². The Labute approximate surface area is 136 Å². The minimum atomic E-state index is -1.09. The van der Waals surface area contributed by atoms with Gasteiger partial charge in [-0.25, -0.2) is 0 Å². The fourth-order valence-electron chi connectivity index (χ4n) is 2.34. The lowest BCUT2D eigenvalue weighted by Crippen LogP contribution is -2.31. The number of anilines is 1. The molecule has 3 aromatic rings. The van der Waals surface area contributed by atoms with Crippen LogP contribution in [0.2, 0.25) is 0 Å². The lowest BCUT2D eigenvalue weighted by Gasteiger charge is -2.21. The van der Waals surface area contributed by atoms with E-state index in [9.17, 15) is 20.3 Å². The van der Waals surface area contributed by atoms with Gasteiger partial charge in [-0.05, 0) is 29.8 Å². The summed E-state index contributed by atoms with van der Waals surface area (Å²) in [6, 6.07) is 12.1. The average Bonchev–Trinajstić information content (AvgIpc) is 3.01. The standard InChI is InChI=1S/C16H15N3O5/c20-9-13(15(21)10-5-7-11(8-6-10)19(22)23)18-16-17-12-3-1-2-4-14(12)24-16/h1-8,13,15,20-21H,9H2,(H,17,18). The maximum absolute atomic E-state index is 10.7. The summed E-state index contributed by atoms with van der Waals surface area (Å²) in [4.78, 5) is 14.4. The fourth-order valence-corrected chi connectivity index (χ4v) is 2.34. The van der Waals surface area contributed by atoms with E-state index in [2.05, 4.69) is 10.3 Å². The summed E-state index contributed by atoms with van der Waals surface area (Å²) in [5, 5.41) is 33.4. The molecule has 0 aliphatic rings. The van der Waals surface area contributed by atoms with E-state index >= 15 is 0 Å². The van der Waals surface area contributed by atoms with E-state index in [4.69, 9.17) is 4.42 Å². The van der Waals surface area contributed by atoms with Crippen LogP contribution in [0, 0.1) is 10.1 Å². The first-order chi connectivity index (χ1) is 11.6. The number of oxazole rings is 1. The molecule has 2 atom stereocenters. The molecule has 8 heteroatoms. The summed E-state index contributed by atoms with van der Waals surface area (Å²) in [6.07, 6.45) is -1.09. The Balaban J connectivity index is 1.78. The Hall–Kier alpha value is -2.97. The van der Waals surface area contributed by atoms with E-state index < -0.39 is 17.1 Å². The van der Waals surface area contributed by atoms with Crippen molar-refractivity contribution >= 4 is 22.8 Å². The highest BCUT2D eigenvalue weighted by Crippen LogP contribution is 2.24. The monoisotopic (exact) mass is 329 g/mol. The first kappa shape index (κ1) is 15.9. The summed E-state index contributed by atoms with van der Waals surface area (Å²) in [6.45, 7) is -0.378. The number of nitrogens with one attached hydrogen (secondary N) is 1. The van der Waals surface area contributed by atoms with Gasteiger partial charge in [0.25, 0.3) is 11.7 Å². The van der Waals surface area contributed by atoms with Crippen molar-refractivity contribution in [3.8, 4) is 0 Å². The molecule has 24 heavy (non-hydrogen) atoms. The van der Waals surface area contributed by atoms with Crippen molar-refractivity contribution in [2.75, 3.05) is 11.9 Å². The molecule has 0 spiro atoms. The Morgan fingerprint density at radius 2 is 1.92 bits per heavy atom. The lowest BCUT2D eigenvalue weighted by molar-refractivity contribution is -0.384. The number of non-ortho nitro benzene ring substituents is 1. The summed E-state index contributed by atoms with van der Waals surface area (Å²) in [5.41, 5.74) is 1.60. The predicted octanol–water partition coefficient (Wildman–Crippen LogP) is 2.24. The van der Waals surface area contributed by atoms with Gasteiger partial charge in [-0.3, -0.25) is 10.1 Å². The van der Waals surface area contributed by atoms with Crippen LogP contribution in [0.3, 0.4) is 0 Å². The second-order valence-electron chi connectivity index (χ2n) is 5.21. The van der Waals surface area contributed by atoms with E-state index in [-0.39, 0.29) is 18.3 Å². The third kappa shape index (κ3) is 3.19. The summed E-state index contributed by atoms with van der Waals surface area (Å²) in [5.74, 6) is 0. The first-order valence-corrected chi connectivity index (χ1v) is 7.24. The first-order valence-electron chi connectivity index (χ1n) is 7.24. The van der Waals surface area contributed by atoms with E-state index in [1.54, 1.807) is 12.1 Å². The topological polar surface area (TPSA) is 122 Å². The van der Waals surface area contributed by atoms with Crippen molar-refractivity contribution in [2.45, 2.75) is 12.1 Å². The number of hydrogen-bond acceptors (Lipinski definition) is 7. The van der Waals surface area contributed by atoms with Gasteiger partial charge in [-0.15, -0.1) is 0 Å². The molecule has 0 saturated carbocycles. The molecule has 1 aromatic heterocycles. The minimum Gasteiger partial charge on any atom is -0.424 e. The zero-order valence-corrected chi connectivity index (χ0v) is 12.5. The van der Waals surface area contributed by atoms with E-state index in [1.165, 1.54) is 24.3 Å². The Morgan fingerprint density at radius 3 is 2.54 bits per heavy atom. The molecule has 0 aliphatic carbocycles. The van der Waals surface area contributed by atoms with Gasteiger partial charge >= 0.3 is 0 Å². The molecule has 0 amide bonds. The molecule has 3 rings (SSSR count). The highest BCUT2D eigenvalue weighted by Gasteiger charge is 2.22. The van der Waals surface area contributed by atoms with Gasteiger partial charge < -0.3 is 19.9 Å². The molecule has 0 bridgehead atoms. The smallest absolute Gasteiger partial charge is 0.296 e. The maximum atomic E-state index is 10.7. The van der Waals surface area contributed by atoms with Gasteiger partial charge in [0.1, 0.15) is 11.6 Å². The number of para-hydroxylation sites is 2. The SMILES string of the molecule is O=[N+]([O-])c1ccc(C(O)C(CO)Nc2nc3ccccc3o2)cc1. The molecule has 8 nitrogen and oxygen atoms in total. The van der Waals surface area contributed by atoms with Gasteiger partial charge in [0.15, 0.2) is 5.58 Å². The van der Waals surface area contributed by atoms with Crippen LogP contribution in [0.15, 0.2) is 52.9 Å². The summed E-state index contributed by atoms with van der Waals surface area (Å²) in [7, 11) is 0. The van der Waals surface area contributed by atoms with Crippen LogP contribution in [-0.4, -0.2) is 32.8 Å². The highest BCUT2D eigenvalue weighted by atomic mass is 16.6. The molecule has 124 valence electrons. The van der Waals surface area contributed by atoms with Crippen molar-refractivity contribution in [2.24, 2.45) is 0 Å². The zero-order chi connectivity index (χ0) is 17.1. The van der Waals surface area contributed by atoms with Crippen molar-refractivity contribution in [1.82, 2.24) is 4.98 Å². The van der Waals surface area contributed by atoms with Gasteiger partial charge in [-0.1, -0.05) is 12.1 Å². The lowest BCUT2D eigenvalue weighted by atomic mass is 10.0. The molecule has 0 fully saturated rings. The van der Waals surface area contributed by atoms with Crippen LogP contribution in [0.25, 0.3) is 11.1 Å².